The monoisotopic (exact) mass is 278 g/mol. The molecule has 0 aliphatic heterocycles. The second-order valence-electron chi connectivity index (χ2n) is 4.46. The van der Waals surface area contributed by atoms with Gasteiger partial charge in [0.1, 0.15) is 5.76 Å². The summed E-state index contributed by atoms with van der Waals surface area (Å²) in [4.78, 5) is 17.2. The third kappa shape index (κ3) is 4.21. The van der Waals surface area contributed by atoms with Crippen LogP contribution in [-0.4, -0.2) is 10.9 Å². The van der Waals surface area contributed by atoms with E-state index < -0.39 is 0 Å². The summed E-state index contributed by atoms with van der Waals surface area (Å²) in [7, 11) is 0. The van der Waals surface area contributed by atoms with Gasteiger partial charge in [0, 0.05) is 11.3 Å². The van der Waals surface area contributed by atoms with Gasteiger partial charge in [-0.05, 0) is 38.1 Å². The summed E-state index contributed by atoms with van der Waals surface area (Å²) < 4.78 is 5.40. The van der Waals surface area contributed by atoms with E-state index in [1.54, 1.807) is 11.3 Å². The third-order valence-corrected chi connectivity index (χ3v) is 3.85. The highest BCUT2D eigenvalue weighted by molar-refractivity contribution is 7.09. The average molecular weight is 278 g/mol. The van der Waals surface area contributed by atoms with Gasteiger partial charge in [0.05, 0.1) is 12.2 Å². The zero-order valence-corrected chi connectivity index (χ0v) is 12.0. The summed E-state index contributed by atoms with van der Waals surface area (Å²) in [5.41, 5.74) is 0.877. The number of aryl methyl sites for hydroxylation is 3. The van der Waals surface area contributed by atoms with Crippen LogP contribution in [0.2, 0.25) is 0 Å². The number of nitrogens with one attached hydrogen (secondary N) is 1. The molecule has 0 saturated carbocycles. The molecule has 1 amide bonds. The van der Waals surface area contributed by atoms with E-state index in [0.29, 0.717) is 18.9 Å². The molecular formula is C14H18N2O2S. The highest BCUT2D eigenvalue weighted by Crippen LogP contribution is 2.12. The van der Waals surface area contributed by atoms with Gasteiger partial charge in [-0.2, -0.15) is 0 Å². The molecule has 0 aromatic carbocycles. The Bertz CT molecular complexity index is 512. The van der Waals surface area contributed by atoms with E-state index in [9.17, 15) is 4.79 Å². The van der Waals surface area contributed by atoms with Gasteiger partial charge >= 0.3 is 0 Å². The van der Waals surface area contributed by atoms with Crippen molar-refractivity contribution in [1.82, 2.24) is 10.3 Å². The molecule has 2 heterocycles. The first-order valence-electron chi connectivity index (χ1n) is 6.37. The minimum atomic E-state index is 0.0464. The molecule has 1 N–H and O–H groups in total. The summed E-state index contributed by atoms with van der Waals surface area (Å²) >= 11 is 1.73. The molecule has 0 fully saturated rings. The van der Waals surface area contributed by atoms with Crippen molar-refractivity contribution in [2.24, 2.45) is 0 Å². The zero-order valence-electron chi connectivity index (χ0n) is 11.2. The van der Waals surface area contributed by atoms with E-state index in [0.717, 1.165) is 24.3 Å². The third-order valence-electron chi connectivity index (χ3n) is 2.92. The van der Waals surface area contributed by atoms with Gasteiger partial charge in [-0.15, -0.1) is 11.3 Å². The van der Waals surface area contributed by atoms with E-state index in [1.165, 1.54) is 4.88 Å². The van der Waals surface area contributed by atoms with Gasteiger partial charge in [0.25, 0.3) is 0 Å². The van der Waals surface area contributed by atoms with Crippen LogP contribution in [-0.2, 0) is 17.8 Å². The molecule has 0 saturated heterocycles. The Balaban J connectivity index is 1.67. The number of carbonyl (C=O) groups excluding carboxylic acids is 1. The van der Waals surface area contributed by atoms with Crippen molar-refractivity contribution in [2.45, 2.75) is 39.7 Å². The van der Waals surface area contributed by atoms with Gasteiger partial charge in [0.2, 0.25) is 11.8 Å². The van der Waals surface area contributed by atoms with E-state index >= 15 is 0 Å². The Morgan fingerprint density at radius 3 is 2.95 bits per heavy atom. The minimum Gasteiger partial charge on any atom is -0.444 e. The van der Waals surface area contributed by atoms with E-state index in [2.05, 4.69) is 21.7 Å². The molecule has 2 rings (SSSR count). The molecule has 0 bridgehead atoms. The molecule has 0 spiro atoms. The maximum atomic E-state index is 11.7. The summed E-state index contributed by atoms with van der Waals surface area (Å²) in [5, 5.41) is 4.89. The highest BCUT2D eigenvalue weighted by atomic mass is 32.1. The number of amides is 1. The Kier molecular flexibility index (Phi) is 4.74. The Labute approximate surface area is 116 Å². The molecule has 2 aromatic heterocycles. The van der Waals surface area contributed by atoms with Crippen molar-refractivity contribution < 1.29 is 9.21 Å². The standard InChI is InChI=1S/C14H18N2O2S/c1-10-11(2)18-14(16-10)9-15-13(17)7-3-5-12-6-4-8-19-12/h4,6,8H,3,5,7,9H2,1-2H3,(H,15,17). The molecule has 4 nitrogen and oxygen atoms in total. The Morgan fingerprint density at radius 2 is 2.32 bits per heavy atom. The molecule has 0 atom stereocenters. The smallest absolute Gasteiger partial charge is 0.220 e. The highest BCUT2D eigenvalue weighted by Gasteiger charge is 2.07. The fourth-order valence-corrected chi connectivity index (χ4v) is 2.51. The van der Waals surface area contributed by atoms with Crippen molar-refractivity contribution in [2.75, 3.05) is 0 Å². The van der Waals surface area contributed by atoms with E-state index in [-0.39, 0.29) is 5.91 Å². The van der Waals surface area contributed by atoms with Crippen LogP contribution in [0.5, 0.6) is 0 Å². The summed E-state index contributed by atoms with van der Waals surface area (Å²) in [6, 6.07) is 4.13. The lowest BCUT2D eigenvalue weighted by Gasteiger charge is -2.02. The predicted octanol–water partition coefficient (Wildman–Crippen LogP) is 2.99. The predicted molar refractivity (Wildman–Crippen MR) is 75.1 cm³/mol. The van der Waals surface area contributed by atoms with Crippen molar-refractivity contribution in [1.29, 1.82) is 0 Å². The lowest BCUT2D eigenvalue weighted by atomic mass is 10.2. The van der Waals surface area contributed by atoms with Crippen LogP contribution in [0.3, 0.4) is 0 Å². The molecule has 19 heavy (non-hydrogen) atoms. The molecule has 0 radical (unpaired) electrons. The topological polar surface area (TPSA) is 55.1 Å². The quantitative estimate of drug-likeness (QED) is 0.883. The van der Waals surface area contributed by atoms with Crippen LogP contribution >= 0.6 is 11.3 Å². The van der Waals surface area contributed by atoms with Crippen LogP contribution in [0.25, 0.3) is 0 Å². The average Bonchev–Trinajstić information content (AvgIpc) is 2.98. The molecule has 0 aliphatic rings. The van der Waals surface area contributed by atoms with Gasteiger partial charge in [-0.1, -0.05) is 6.07 Å². The van der Waals surface area contributed by atoms with Crippen LogP contribution in [0, 0.1) is 13.8 Å². The zero-order chi connectivity index (χ0) is 13.7. The van der Waals surface area contributed by atoms with Crippen LogP contribution < -0.4 is 5.32 Å². The largest absolute Gasteiger partial charge is 0.444 e. The SMILES string of the molecule is Cc1nc(CNC(=O)CCCc2cccs2)oc1C. The van der Waals surface area contributed by atoms with Gasteiger partial charge in [-0.25, -0.2) is 4.98 Å². The number of hydrogen-bond donors (Lipinski definition) is 1. The first-order chi connectivity index (χ1) is 9.15. The molecule has 0 unspecified atom stereocenters. The lowest BCUT2D eigenvalue weighted by molar-refractivity contribution is -0.121. The second kappa shape index (κ2) is 6.52. The summed E-state index contributed by atoms with van der Waals surface area (Å²) in [5.74, 6) is 1.42. The fourth-order valence-electron chi connectivity index (χ4n) is 1.76. The van der Waals surface area contributed by atoms with Crippen molar-refractivity contribution in [3.63, 3.8) is 0 Å². The molecule has 5 heteroatoms. The summed E-state index contributed by atoms with van der Waals surface area (Å²) in [6.07, 6.45) is 2.37. The number of aromatic nitrogens is 1. The number of oxazole rings is 1. The normalized spacial score (nSPS) is 10.6. The fraction of sp³-hybridized carbons (Fsp3) is 0.429. The van der Waals surface area contributed by atoms with Crippen LogP contribution in [0.1, 0.15) is 35.1 Å². The van der Waals surface area contributed by atoms with Crippen LogP contribution in [0.15, 0.2) is 21.9 Å². The first kappa shape index (κ1) is 13.8. The molecule has 2 aromatic rings. The lowest BCUT2D eigenvalue weighted by Crippen LogP contribution is -2.22. The van der Waals surface area contributed by atoms with Crippen molar-refractivity contribution >= 4 is 17.2 Å². The Hall–Kier alpha value is -1.62. The van der Waals surface area contributed by atoms with Crippen molar-refractivity contribution in [3.05, 3.63) is 39.7 Å². The maximum Gasteiger partial charge on any atom is 0.220 e. The number of thiophene rings is 1. The number of rotatable bonds is 6. The van der Waals surface area contributed by atoms with E-state index in [1.807, 2.05) is 19.9 Å². The number of hydrogen-bond acceptors (Lipinski definition) is 4. The second-order valence-corrected chi connectivity index (χ2v) is 5.49. The number of carbonyl (C=O) groups is 1. The van der Waals surface area contributed by atoms with Crippen LogP contribution in [0.4, 0.5) is 0 Å². The molecule has 102 valence electrons. The number of nitrogens with zero attached hydrogens (tertiary/aromatic N) is 1. The van der Waals surface area contributed by atoms with Gasteiger partial charge < -0.3 is 9.73 Å². The molecular weight excluding hydrogens is 260 g/mol. The van der Waals surface area contributed by atoms with Gasteiger partial charge in [-0.3, -0.25) is 4.79 Å². The maximum absolute atomic E-state index is 11.7. The molecule has 0 aliphatic carbocycles. The minimum absolute atomic E-state index is 0.0464. The van der Waals surface area contributed by atoms with Crippen molar-refractivity contribution in [3.8, 4) is 0 Å². The summed E-state index contributed by atoms with van der Waals surface area (Å²) in [6.45, 7) is 4.13. The Morgan fingerprint density at radius 1 is 1.47 bits per heavy atom. The van der Waals surface area contributed by atoms with E-state index in [4.69, 9.17) is 4.42 Å². The van der Waals surface area contributed by atoms with Gasteiger partial charge in [0.15, 0.2) is 0 Å². The first-order valence-corrected chi connectivity index (χ1v) is 7.25.